The number of aliphatic hydroxyl groups is 1. The van der Waals surface area contributed by atoms with Crippen molar-refractivity contribution < 1.29 is 9.63 Å². The number of aliphatic hydroxyl groups excluding tert-OH is 1. The maximum absolute atomic E-state index is 9.15. The molecule has 0 spiro atoms. The first kappa shape index (κ1) is 11.7. The normalized spacial score (nSPS) is 10.8. The molecule has 0 aliphatic rings. The first-order valence-electron chi connectivity index (χ1n) is 4.34. The van der Waals surface area contributed by atoms with Gasteiger partial charge in [-0.2, -0.15) is 0 Å². The summed E-state index contributed by atoms with van der Waals surface area (Å²) in [7, 11) is 0. The largest absolute Gasteiger partial charge is 0.391 e. The van der Waals surface area contributed by atoms with Crippen molar-refractivity contribution >= 4 is 34.8 Å². The molecule has 0 amide bonds. The van der Waals surface area contributed by atoms with Crippen LogP contribution in [0.3, 0.4) is 0 Å². The van der Waals surface area contributed by atoms with Crippen LogP contribution in [-0.2, 0) is 6.61 Å². The predicted octanol–water partition coefficient (Wildman–Crippen LogP) is 3.79. The van der Waals surface area contributed by atoms with Crippen LogP contribution in [0.1, 0.15) is 5.56 Å². The Morgan fingerprint density at radius 2 is 2.00 bits per heavy atom. The minimum atomic E-state index is -0.277. The molecule has 0 fully saturated rings. The standard InChI is InChI=1S/C10H6Cl3NO2/c11-7-3-1-2-5(8(7)12)9-6(4-15)10(13)16-14-9/h1-3,15H,4H2. The van der Waals surface area contributed by atoms with Crippen molar-refractivity contribution in [1.82, 2.24) is 5.16 Å². The summed E-state index contributed by atoms with van der Waals surface area (Å²) in [6.45, 7) is -0.277. The van der Waals surface area contributed by atoms with E-state index in [0.717, 1.165) is 0 Å². The molecule has 0 bridgehead atoms. The Morgan fingerprint density at radius 1 is 1.25 bits per heavy atom. The zero-order chi connectivity index (χ0) is 11.7. The molecule has 84 valence electrons. The third-order valence-electron chi connectivity index (χ3n) is 2.11. The van der Waals surface area contributed by atoms with Crippen LogP contribution in [0.4, 0.5) is 0 Å². The van der Waals surface area contributed by atoms with Gasteiger partial charge in [0, 0.05) is 5.56 Å². The fourth-order valence-electron chi connectivity index (χ4n) is 1.32. The van der Waals surface area contributed by atoms with Crippen LogP contribution in [0.5, 0.6) is 0 Å². The molecule has 3 nitrogen and oxygen atoms in total. The summed E-state index contributed by atoms with van der Waals surface area (Å²) in [6, 6.07) is 5.11. The smallest absolute Gasteiger partial charge is 0.232 e. The van der Waals surface area contributed by atoms with Gasteiger partial charge in [-0.25, -0.2) is 0 Å². The van der Waals surface area contributed by atoms with Gasteiger partial charge in [-0.1, -0.05) is 40.5 Å². The quantitative estimate of drug-likeness (QED) is 0.909. The fourth-order valence-corrected chi connectivity index (χ4v) is 1.90. The molecule has 0 saturated heterocycles. The molecule has 1 N–H and O–H groups in total. The van der Waals surface area contributed by atoms with E-state index in [0.29, 0.717) is 26.9 Å². The second-order valence-electron chi connectivity index (χ2n) is 3.04. The van der Waals surface area contributed by atoms with E-state index in [1.807, 2.05) is 0 Å². The molecule has 0 atom stereocenters. The Balaban J connectivity index is 2.63. The van der Waals surface area contributed by atoms with Crippen LogP contribution in [0.25, 0.3) is 11.3 Å². The summed E-state index contributed by atoms with van der Waals surface area (Å²) in [5, 5.41) is 13.7. The van der Waals surface area contributed by atoms with E-state index in [1.165, 1.54) is 0 Å². The number of rotatable bonds is 2. The van der Waals surface area contributed by atoms with Gasteiger partial charge < -0.3 is 9.63 Å². The van der Waals surface area contributed by atoms with E-state index in [4.69, 9.17) is 44.4 Å². The van der Waals surface area contributed by atoms with Gasteiger partial charge in [0.2, 0.25) is 5.22 Å². The fraction of sp³-hybridized carbons (Fsp3) is 0.100. The molecule has 1 aromatic carbocycles. The van der Waals surface area contributed by atoms with Crippen LogP contribution in [0.2, 0.25) is 15.3 Å². The van der Waals surface area contributed by atoms with E-state index >= 15 is 0 Å². The molecule has 0 radical (unpaired) electrons. The first-order chi connectivity index (χ1) is 7.65. The molecule has 2 rings (SSSR count). The van der Waals surface area contributed by atoms with Gasteiger partial charge in [-0.05, 0) is 17.7 Å². The SMILES string of the molecule is OCc1c(-c2cccc(Cl)c2Cl)noc1Cl. The highest BCUT2D eigenvalue weighted by Gasteiger charge is 2.18. The minimum Gasteiger partial charge on any atom is -0.391 e. The van der Waals surface area contributed by atoms with Crippen molar-refractivity contribution in [3.05, 3.63) is 39.0 Å². The van der Waals surface area contributed by atoms with Crippen molar-refractivity contribution in [2.24, 2.45) is 0 Å². The van der Waals surface area contributed by atoms with E-state index in [1.54, 1.807) is 18.2 Å². The van der Waals surface area contributed by atoms with E-state index < -0.39 is 0 Å². The molecular weight excluding hydrogens is 272 g/mol. The van der Waals surface area contributed by atoms with Crippen molar-refractivity contribution in [2.45, 2.75) is 6.61 Å². The first-order valence-corrected chi connectivity index (χ1v) is 5.47. The van der Waals surface area contributed by atoms with Crippen LogP contribution in [0, 0.1) is 0 Å². The highest BCUT2D eigenvalue weighted by molar-refractivity contribution is 6.43. The van der Waals surface area contributed by atoms with Crippen LogP contribution in [-0.4, -0.2) is 10.3 Å². The highest BCUT2D eigenvalue weighted by Crippen LogP contribution is 2.36. The number of hydrogen-bond donors (Lipinski definition) is 1. The third-order valence-corrected chi connectivity index (χ3v) is 3.22. The van der Waals surface area contributed by atoms with Gasteiger partial charge in [-0.15, -0.1) is 0 Å². The van der Waals surface area contributed by atoms with Gasteiger partial charge >= 0.3 is 0 Å². The number of benzene rings is 1. The summed E-state index contributed by atoms with van der Waals surface area (Å²) in [6.07, 6.45) is 0. The molecule has 16 heavy (non-hydrogen) atoms. The third kappa shape index (κ3) is 1.92. The van der Waals surface area contributed by atoms with E-state index in [2.05, 4.69) is 5.16 Å². The topological polar surface area (TPSA) is 46.3 Å². The highest BCUT2D eigenvalue weighted by atomic mass is 35.5. The van der Waals surface area contributed by atoms with E-state index in [9.17, 15) is 0 Å². The molecule has 0 saturated carbocycles. The maximum Gasteiger partial charge on any atom is 0.232 e. The Hall–Kier alpha value is -0.740. The second kappa shape index (κ2) is 4.63. The van der Waals surface area contributed by atoms with E-state index in [-0.39, 0.29) is 11.8 Å². The predicted molar refractivity (Wildman–Crippen MR) is 62.9 cm³/mol. The lowest BCUT2D eigenvalue weighted by Crippen LogP contribution is -1.88. The Morgan fingerprint density at radius 3 is 2.69 bits per heavy atom. The number of aromatic nitrogens is 1. The van der Waals surface area contributed by atoms with Gasteiger partial charge in [0.1, 0.15) is 5.69 Å². The molecular formula is C10H6Cl3NO2. The summed E-state index contributed by atoms with van der Waals surface area (Å²) in [5.41, 5.74) is 1.37. The lowest BCUT2D eigenvalue weighted by Gasteiger charge is -2.03. The molecule has 0 aliphatic carbocycles. The molecule has 0 unspecified atom stereocenters. The van der Waals surface area contributed by atoms with Crippen LogP contribution >= 0.6 is 34.8 Å². The van der Waals surface area contributed by atoms with Gasteiger partial charge in [0.15, 0.2) is 0 Å². The Bertz CT molecular complexity index is 525. The average molecular weight is 279 g/mol. The van der Waals surface area contributed by atoms with Crippen molar-refractivity contribution in [3.8, 4) is 11.3 Å². The van der Waals surface area contributed by atoms with Gasteiger partial charge in [-0.3, -0.25) is 0 Å². The molecule has 1 heterocycles. The summed E-state index contributed by atoms with van der Waals surface area (Å²) in [4.78, 5) is 0. The molecule has 0 aliphatic heterocycles. The lowest BCUT2D eigenvalue weighted by molar-refractivity contribution is 0.281. The second-order valence-corrected chi connectivity index (χ2v) is 4.17. The van der Waals surface area contributed by atoms with Crippen molar-refractivity contribution in [3.63, 3.8) is 0 Å². The monoisotopic (exact) mass is 277 g/mol. The van der Waals surface area contributed by atoms with Gasteiger partial charge in [0.25, 0.3) is 0 Å². The average Bonchev–Trinajstić information content (AvgIpc) is 2.63. The number of nitrogens with zero attached hydrogens (tertiary/aromatic N) is 1. The molecule has 1 aromatic heterocycles. The van der Waals surface area contributed by atoms with Crippen LogP contribution in [0.15, 0.2) is 22.7 Å². The summed E-state index contributed by atoms with van der Waals surface area (Å²) >= 11 is 17.6. The lowest BCUT2D eigenvalue weighted by atomic mass is 10.1. The Labute approximate surface area is 107 Å². The van der Waals surface area contributed by atoms with Crippen molar-refractivity contribution in [1.29, 1.82) is 0 Å². The molecule has 2 aromatic rings. The minimum absolute atomic E-state index is 0.0496. The zero-order valence-electron chi connectivity index (χ0n) is 7.88. The molecule has 6 heteroatoms. The number of halogens is 3. The number of hydrogen-bond acceptors (Lipinski definition) is 3. The van der Waals surface area contributed by atoms with Gasteiger partial charge in [0.05, 0.1) is 22.2 Å². The Kier molecular flexibility index (Phi) is 3.40. The maximum atomic E-state index is 9.15. The van der Waals surface area contributed by atoms with Crippen molar-refractivity contribution in [2.75, 3.05) is 0 Å². The summed E-state index contributed by atoms with van der Waals surface area (Å²) < 4.78 is 4.79. The summed E-state index contributed by atoms with van der Waals surface area (Å²) in [5.74, 6) is 0. The zero-order valence-corrected chi connectivity index (χ0v) is 10.1. The van der Waals surface area contributed by atoms with Crippen LogP contribution < -0.4 is 0 Å².